The molecule has 3 aliphatic rings. The van der Waals surface area contributed by atoms with Crippen molar-refractivity contribution < 1.29 is 21.8 Å². The molecule has 6 N–H and O–H groups in total. The van der Waals surface area contributed by atoms with E-state index in [2.05, 4.69) is 75.7 Å². The Morgan fingerprint density at radius 1 is 0.820 bits per heavy atom. The van der Waals surface area contributed by atoms with Crippen LogP contribution in [0.4, 0.5) is 0 Å². The fraction of sp³-hybridized carbons (Fsp3) is 0.579. The van der Waals surface area contributed by atoms with Crippen LogP contribution in [0.5, 0.6) is 0 Å². The second-order valence-corrected chi connectivity index (χ2v) is 13.6. The van der Waals surface area contributed by atoms with Gasteiger partial charge >= 0.3 is 0 Å². The van der Waals surface area contributed by atoms with Crippen LogP contribution in [0.15, 0.2) is 54.7 Å². The summed E-state index contributed by atoms with van der Waals surface area (Å²) >= 11 is 2.27. The molecular formula is C38H62IN7O4. The van der Waals surface area contributed by atoms with Gasteiger partial charge in [0.15, 0.2) is 12.6 Å². The summed E-state index contributed by atoms with van der Waals surface area (Å²) in [6.45, 7) is 3.56. The number of hydrogen-bond donors (Lipinski definition) is 4. The molecule has 2 aromatic carbocycles. The Kier molecular flexibility index (Phi) is 21.4. The van der Waals surface area contributed by atoms with Gasteiger partial charge in [-0.05, 0) is 123 Å². The lowest BCUT2D eigenvalue weighted by Gasteiger charge is -2.30. The molecule has 2 unspecified atom stereocenters. The Bertz CT molecular complexity index is 1320. The molecule has 50 heavy (non-hydrogen) atoms. The van der Waals surface area contributed by atoms with Gasteiger partial charge in [-0.1, -0.05) is 48.2 Å². The molecular weight excluding hydrogens is 745 g/mol. The van der Waals surface area contributed by atoms with Gasteiger partial charge in [0.05, 0.1) is 18.5 Å². The van der Waals surface area contributed by atoms with E-state index in [-0.39, 0.29) is 15.4 Å². The molecule has 1 saturated carbocycles. The van der Waals surface area contributed by atoms with Crippen molar-refractivity contribution >= 4 is 22.6 Å². The second-order valence-electron chi connectivity index (χ2n) is 12.3. The van der Waals surface area contributed by atoms with E-state index in [0.717, 1.165) is 62.3 Å². The van der Waals surface area contributed by atoms with Crippen molar-refractivity contribution in [2.75, 3.05) is 33.9 Å². The molecule has 0 bridgehead atoms. The molecule has 3 aromatic rings. The first-order valence-electron chi connectivity index (χ1n) is 17.9. The second kappa shape index (κ2) is 25.5. The Morgan fingerprint density at radius 2 is 1.34 bits per heavy atom. The van der Waals surface area contributed by atoms with Gasteiger partial charge in [-0.2, -0.15) is 0 Å². The standard InChI is InChI=1S/C15H20N4O2.C8H18N2.C8H12O2.C7H8IN.2H2/c16-9-12-4-6-14(7-5-12)19-10-13(17-18-19)11-21-15-3-1-2-8-20-15;1-9-7-5-3-4-6-8(7)10-2;1-2-6-9-8-5-3-4-7-10-8;8-7-3-1-6(5-9)2-4-7;;/h4-7,10,15H,1-3,8-9,11,16H2;7-10H,3-6H2,1-2H3;1,8H,3-7H2;1-4H,5,9H2;2*1H/t;7-,8-;;;;/m.0..../s1. The van der Waals surface area contributed by atoms with E-state index in [0.29, 0.717) is 38.4 Å². The van der Waals surface area contributed by atoms with Gasteiger partial charge in [0.1, 0.15) is 12.3 Å². The Morgan fingerprint density at radius 3 is 1.82 bits per heavy atom. The normalized spacial score (nSPS) is 21.6. The highest BCUT2D eigenvalue weighted by Crippen LogP contribution is 2.18. The maximum atomic E-state index is 5.70. The lowest BCUT2D eigenvalue weighted by Crippen LogP contribution is -2.47. The van der Waals surface area contributed by atoms with Gasteiger partial charge in [-0.25, -0.2) is 4.68 Å². The molecule has 0 radical (unpaired) electrons. The van der Waals surface area contributed by atoms with Crippen LogP contribution < -0.4 is 22.1 Å². The lowest BCUT2D eigenvalue weighted by atomic mass is 9.91. The maximum Gasteiger partial charge on any atom is 0.158 e. The highest BCUT2D eigenvalue weighted by Gasteiger charge is 2.21. The minimum absolute atomic E-state index is 0. The smallest absolute Gasteiger partial charge is 0.158 e. The zero-order valence-electron chi connectivity index (χ0n) is 29.9. The summed E-state index contributed by atoms with van der Waals surface area (Å²) in [5.74, 6) is 2.41. The number of benzene rings is 2. The Balaban J connectivity index is 0.000000371. The quantitative estimate of drug-likeness (QED) is 0.144. The largest absolute Gasteiger partial charge is 0.353 e. The molecule has 3 heterocycles. The predicted molar refractivity (Wildman–Crippen MR) is 211 cm³/mol. The Labute approximate surface area is 316 Å². The third-order valence-electron chi connectivity index (χ3n) is 8.68. The number of nitrogens with zero attached hydrogens (tertiary/aromatic N) is 3. The van der Waals surface area contributed by atoms with Gasteiger partial charge < -0.3 is 41.0 Å². The lowest BCUT2D eigenvalue weighted by molar-refractivity contribution is -0.169. The maximum absolute atomic E-state index is 5.70. The SMILES string of the molecule is C#CCOC1CCCCO1.CN[C@H]1CCCC[C@@H]1NC.NCc1ccc(-n2cc(COC3CCCCO3)nn2)cc1.NCc1ccc(I)cc1.[HH].[HH]. The van der Waals surface area contributed by atoms with Gasteiger partial charge in [0, 0.05) is 44.8 Å². The molecule has 2 saturated heterocycles. The summed E-state index contributed by atoms with van der Waals surface area (Å²) in [7, 11) is 4.11. The summed E-state index contributed by atoms with van der Waals surface area (Å²) in [5, 5.41) is 14.9. The number of hydrogen-bond acceptors (Lipinski definition) is 10. The highest BCUT2D eigenvalue weighted by molar-refractivity contribution is 14.1. The number of halogens is 1. The molecule has 11 nitrogen and oxygen atoms in total. The molecule has 0 spiro atoms. The molecule has 280 valence electrons. The first-order chi connectivity index (χ1) is 24.5. The topological polar surface area (TPSA) is 144 Å². The number of nitrogens with one attached hydrogen (secondary N) is 2. The van der Waals surface area contributed by atoms with E-state index in [1.165, 1.54) is 41.2 Å². The van der Waals surface area contributed by atoms with E-state index in [9.17, 15) is 0 Å². The number of nitrogens with two attached hydrogens (primary N) is 2. The summed E-state index contributed by atoms with van der Waals surface area (Å²) in [4.78, 5) is 0. The molecule has 4 atom stereocenters. The van der Waals surface area contributed by atoms with Crippen LogP contribution in [0, 0.1) is 15.9 Å². The summed E-state index contributed by atoms with van der Waals surface area (Å²) in [6.07, 6.45) is 18.8. The predicted octanol–water partition coefficient (Wildman–Crippen LogP) is 5.91. The number of terminal acetylenes is 1. The van der Waals surface area contributed by atoms with Crippen LogP contribution in [0.1, 0.15) is 83.9 Å². The molecule has 1 aromatic heterocycles. The van der Waals surface area contributed by atoms with E-state index < -0.39 is 0 Å². The fourth-order valence-electron chi connectivity index (χ4n) is 5.72. The first-order valence-corrected chi connectivity index (χ1v) is 19.0. The zero-order chi connectivity index (χ0) is 35.8. The molecule has 12 heteroatoms. The number of ether oxygens (including phenoxy) is 4. The molecule has 6 rings (SSSR count). The van der Waals surface area contributed by atoms with Gasteiger partial charge in [-0.3, -0.25) is 0 Å². The van der Waals surface area contributed by atoms with Crippen molar-refractivity contribution in [1.82, 2.24) is 25.6 Å². The van der Waals surface area contributed by atoms with Crippen LogP contribution in [-0.2, 0) is 38.6 Å². The minimum atomic E-state index is -0.104. The monoisotopic (exact) mass is 807 g/mol. The van der Waals surface area contributed by atoms with Crippen molar-refractivity contribution in [3.63, 3.8) is 0 Å². The highest BCUT2D eigenvalue weighted by atomic mass is 127. The number of rotatable bonds is 10. The van der Waals surface area contributed by atoms with E-state index in [1.807, 2.05) is 42.6 Å². The van der Waals surface area contributed by atoms with Crippen molar-refractivity contribution in [2.24, 2.45) is 11.5 Å². The molecule has 0 amide bonds. The average molecular weight is 808 g/mol. The van der Waals surface area contributed by atoms with Crippen molar-refractivity contribution in [3.8, 4) is 18.0 Å². The zero-order valence-corrected chi connectivity index (χ0v) is 32.1. The molecule has 2 aliphatic heterocycles. The van der Waals surface area contributed by atoms with Crippen molar-refractivity contribution in [1.29, 1.82) is 0 Å². The van der Waals surface area contributed by atoms with Gasteiger partial charge in [0.2, 0.25) is 0 Å². The van der Waals surface area contributed by atoms with E-state index >= 15 is 0 Å². The van der Waals surface area contributed by atoms with Crippen LogP contribution in [0.3, 0.4) is 0 Å². The minimum Gasteiger partial charge on any atom is -0.353 e. The van der Waals surface area contributed by atoms with Crippen molar-refractivity contribution in [2.45, 2.75) is 109 Å². The fourth-order valence-corrected chi connectivity index (χ4v) is 6.08. The average Bonchev–Trinajstić information content (AvgIpc) is 3.67. The number of likely N-dealkylation sites (N-methyl/N-ethyl adjacent to an activating group) is 2. The molecule has 1 aliphatic carbocycles. The van der Waals surface area contributed by atoms with E-state index in [4.69, 9.17) is 36.8 Å². The summed E-state index contributed by atoms with van der Waals surface area (Å²) in [5.41, 5.74) is 15.0. The third-order valence-corrected chi connectivity index (χ3v) is 9.40. The molecule has 3 fully saturated rings. The summed E-state index contributed by atoms with van der Waals surface area (Å²) < 4.78 is 24.7. The van der Waals surface area contributed by atoms with Gasteiger partial charge in [0.25, 0.3) is 0 Å². The Hall–Kier alpha value is -2.45. The third kappa shape index (κ3) is 16.3. The van der Waals surface area contributed by atoms with Crippen LogP contribution in [0.2, 0.25) is 0 Å². The van der Waals surface area contributed by atoms with Crippen LogP contribution >= 0.6 is 22.6 Å². The van der Waals surface area contributed by atoms with E-state index in [1.54, 1.807) is 4.68 Å². The number of aromatic nitrogens is 3. The van der Waals surface area contributed by atoms with Crippen molar-refractivity contribution in [3.05, 3.63) is 75.1 Å². The van der Waals surface area contributed by atoms with Gasteiger partial charge in [-0.15, -0.1) is 11.5 Å². The first kappa shape index (κ1) is 42.0. The summed E-state index contributed by atoms with van der Waals surface area (Å²) in [6, 6.07) is 17.6. The van der Waals surface area contributed by atoms with Crippen LogP contribution in [0.25, 0.3) is 5.69 Å². The van der Waals surface area contributed by atoms with Crippen LogP contribution in [-0.4, -0.2) is 73.6 Å².